The average Bonchev–Trinajstić information content (AvgIpc) is 2.89. The van der Waals surface area contributed by atoms with Crippen LogP contribution >= 0.6 is 11.6 Å². The highest BCUT2D eigenvalue weighted by Crippen LogP contribution is 2.38. The maximum Gasteiger partial charge on any atom is 0.417 e. The van der Waals surface area contributed by atoms with Crippen LogP contribution in [0.15, 0.2) is 77.7 Å². The van der Waals surface area contributed by atoms with Gasteiger partial charge in [-0.25, -0.2) is 8.42 Å². The Balaban J connectivity index is 2.11. The number of hydrogen-bond donors (Lipinski definition) is 1. The van der Waals surface area contributed by atoms with Crippen molar-refractivity contribution in [2.24, 2.45) is 0 Å². The number of nitrogens with one attached hydrogen (secondary N) is 1. The van der Waals surface area contributed by atoms with Crippen molar-refractivity contribution >= 4 is 39.1 Å². The van der Waals surface area contributed by atoms with Crippen LogP contribution in [-0.4, -0.2) is 43.8 Å². The molecule has 0 aliphatic heterocycles. The van der Waals surface area contributed by atoms with Gasteiger partial charge in [-0.1, -0.05) is 59.6 Å². The highest BCUT2D eigenvalue weighted by atomic mass is 35.5. The molecule has 0 fully saturated rings. The van der Waals surface area contributed by atoms with E-state index in [-0.39, 0.29) is 17.5 Å². The molecule has 1 N–H and O–H groups in total. The number of nitrogens with zero attached hydrogens (tertiary/aromatic N) is 2. The minimum absolute atomic E-state index is 0.0408. The van der Waals surface area contributed by atoms with Gasteiger partial charge in [0.05, 0.1) is 21.2 Å². The van der Waals surface area contributed by atoms with Gasteiger partial charge in [-0.15, -0.1) is 0 Å². The van der Waals surface area contributed by atoms with Crippen molar-refractivity contribution < 1.29 is 31.2 Å². The molecule has 0 bridgehead atoms. The highest BCUT2D eigenvalue weighted by molar-refractivity contribution is 7.92. The fourth-order valence-corrected chi connectivity index (χ4v) is 5.78. The molecule has 0 aromatic heterocycles. The zero-order valence-electron chi connectivity index (χ0n) is 22.9. The third-order valence-corrected chi connectivity index (χ3v) is 8.30. The fourth-order valence-electron chi connectivity index (χ4n) is 4.13. The molecule has 0 saturated carbocycles. The summed E-state index contributed by atoms with van der Waals surface area (Å²) in [6.45, 7) is 5.96. The fraction of sp³-hybridized carbons (Fsp3) is 0.310. The summed E-state index contributed by atoms with van der Waals surface area (Å²) in [5, 5.41) is 2.12. The molecular weight excluding hydrogens is 579 g/mol. The summed E-state index contributed by atoms with van der Waals surface area (Å²) in [5.41, 5.74) is -0.0680. The minimum atomic E-state index is -4.88. The van der Waals surface area contributed by atoms with E-state index in [2.05, 4.69) is 5.32 Å². The summed E-state index contributed by atoms with van der Waals surface area (Å²) in [4.78, 5) is 27.8. The molecular formula is C29H31ClF3N3O4S. The Morgan fingerprint density at radius 2 is 1.61 bits per heavy atom. The maximum absolute atomic E-state index is 13.9. The van der Waals surface area contributed by atoms with Crippen molar-refractivity contribution in [2.45, 2.75) is 57.4 Å². The minimum Gasteiger partial charge on any atom is -0.352 e. The molecule has 3 aromatic carbocycles. The number of benzene rings is 3. The summed E-state index contributed by atoms with van der Waals surface area (Å²) in [6, 6.07) is 15.6. The van der Waals surface area contributed by atoms with Gasteiger partial charge in [-0.2, -0.15) is 13.2 Å². The molecule has 0 spiro atoms. The normalized spacial score (nSPS) is 12.6. The summed E-state index contributed by atoms with van der Waals surface area (Å²) >= 11 is 5.79. The Hall–Kier alpha value is -3.57. The van der Waals surface area contributed by atoms with Gasteiger partial charge in [0.15, 0.2) is 0 Å². The van der Waals surface area contributed by atoms with Crippen molar-refractivity contribution in [1.82, 2.24) is 10.2 Å². The average molecular weight is 610 g/mol. The van der Waals surface area contributed by atoms with Gasteiger partial charge in [-0.05, 0) is 63.6 Å². The number of rotatable bonds is 10. The largest absolute Gasteiger partial charge is 0.417 e. The van der Waals surface area contributed by atoms with Crippen LogP contribution < -0.4 is 9.62 Å². The summed E-state index contributed by atoms with van der Waals surface area (Å²) in [7, 11) is -4.53. The summed E-state index contributed by atoms with van der Waals surface area (Å²) in [5.74, 6) is -1.26. The van der Waals surface area contributed by atoms with E-state index < -0.39 is 56.9 Å². The summed E-state index contributed by atoms with van der Waals surface area (Å²) < 4.78 is 69.2. The number of carbonyl (C=O) groups is 2. The summed E-state index contributed by atoms with van der Waals surface area (Å²) in [6.07, 6.45) is -4.88. The zero-order chi connectivity index (χ0) is 30.5. The molecule has 0 heterocycles. The zero-order valence-corrected chi connectivity index (χ0v) is 24.5. The van der Waals surface area contributed by atoms with E-state index in [0.29, 0.717) is 15.9 Å². The van der Waals surface area contributed by atoms with E-state index in [1.165, 1.54) is 36.1 Å². The van der Waals surface area contributed by atoms with Crippen LogP contribution in [0.4, 0.5) is 18.9 Å². The highest BCUT2D eigenvalue weighted by Gasteiger charge is 2.37. The smallest absolute Gasteiger partial charge is 0.352 e. The Kier molecular flexibility index (Phi) is 10.1. The van der Waals surface area contributed by atoms with Crippen LogP contribution in [-0.2, 0) is 32.3 Å². The molecule has 220 valence electrons. The van der Waals surface area contributed by atoms with Crippen molar-refractivity contribution in [3.05, 3.63) is 94.5 Å². The molecule has 3 aromatic rings. The van der Waals surface area contributed by atoms with Crippen LogP contribution in [0.3, 0.4) is 0 Å². The van der Waals surface area contributed by atoms with Gasteiger partial charge in [0, 0.05) is 12.6 Å². The maximum atomic E-state index is 13.9. The lowest BCUT2D eigenvalue weighted by Gasteiger charge is -2.32. The SMILES string of the molecule is Cc1cccc(CN(C(=O)CN(c2ccc(Cl)c(C(F)(F)F)c2)S(=O)(=O)c2ccccc2)[C@@H](C)C(=O)NC(C)C)c1. The van der Waals surface area contributed by atoms with Crippen molar-refractivity contribution in [3.63, 3.8) is 0 Å². The Labute approximate surface area is 243 Å². The third-order valence-electron chi connectivity index (χ3n) is 6.19. The van der Waals surface area contributed by atoms with Crippen molar-refractivity contribution in [2.75, 3.05) is 10.8 Å². The standard InChI is InChI=1S/C29H31ClF3N3O4S/c1-19(2)34-28(38)21(4)35(17-22-10-8-9-20(3)15-22)27(37)18-36(41(39,40)24-11-6-5-7-12-24)23-13-14-26(30)25(16-23)29(31,32)33/h5-16,19,21H,17-18H2,1-4H3,(H,34,38)/t21-/m0/s1. The number of anilines is 1. The third kappa shape index (κ3) is 8.01. The molecule has 3 rings (SSSR count). The monoisotopic (exact) mass is 609 g/mol. The molecule has 0 aliphatic carbocycles. The second kappa shape index (κ2) is 12.9. The molecule has 7 nitrogen and oxygen atoms in total. The first-order chi connectivity index (χ1) is 19.1. The first-order valence-corrected chi connectivity index (χ1v) is 14.5. The first kappa shape index (κ1) is 32.0. The van der Waals surface area contributed by atoms with E-state index in [1.807, 2.05) is 19.1 Å². The predicted molar refractivity (Wildman–Crippen MR) is 152 cm³/mol. The molecule has 2 amide bonds. The van der Waals surface area contributed by atoms with E-state index >= 15 is 0 Å². The second-order valence-corrected chi connectivity index (χ2v) is 12.1. The molecule has 0 radical (unpaired) electrons. The van der Waals surface area contributed by atoms with Gasteiger partial charge >= 0.3 is 6.18 Å². The Bertz CT molecular complexity index is 1500. The Morgan fingerprint density at radius 3 is 2.20 bits per heavy atom. The van der Waals surface area contributed by atoms with Crippen LogP contribution in [0.2, 0.25) is 5.02 Å². The van der Waals surface area contributed by atoms with E-state index in [9.17, 15) is 31.2 Å². The molecule has 12 heteroatoms. The lowest BCUT2D eigenvalue weighted by molar-refractivity contribution is -0.139. The first-order valence-electron chi connectivity index (χ1n) is 12.7. The number of aryl methyl sites for hydroxylation is 1. The van der Waals surface area contributed by atoms with Gasteiger partial charge in [0.1, 0.15) is 12.6 Å². The van der Waals surface area contributed by atoms with Gasteiger partial charge in [0.2, 0.25) is 11.8 Å². The number of sulfonamides is 1. The van der Waals surface area contributed by atoms with Gasteiger partial charge in [-0.3, -0.25) is 13.9 Å². The van der Waals surface area contributed by atoms with Crippen LogP contribution in [0.5, 0.6) is 0 Å². The number of hydrogen-bond acceptors (Lipinski definition) is 4. The topological polar surface area (TPSA) is 86.8 Å². The molecule has 0 unspecified atom stereocenters. The van der Waals surface area contributed by atoms with E-state index in [0.717, 1.165) is 17.7 Å². The predicted octanol–water partition coefficient (Wildman–Crippen LogP) is 5.80. The molecule has 0 saturated heterocycles. The van der Waals surface area contributed by atoms with E-state index in [1.54, 1.807) is 32.0 Å². The van der Waals surface area contributed by atoms with Crippen LogP contribution in [0, 0.1) is 6.92 Å². The van der Waals surface area contributed by atoms with Gasteiger partial charge in [0.25, 0.3) is 10.0 Å². The van der Waals surface area contributed by atoms with Crippen molar-refractivity contribution in [1.29, 1.82) is 0 Å². The number of amides is 2. The Morgan fingerprint density at radius 1 is 0.951 bits per heavy atom. The van der Waals surface area contributed by atoms with E-state index in [4.69, 9.17) is 11.6 Å². The lowest BCUT2D eigenvalue weighted by atomic mass is 10.1. The molecule has 0 aliphatic rings. The van der Waals surface area contributed by atoms with Crippen LogP contribution in [0.1, 0.15) is 37.5 Å². The molecule has 41 heavy (non-hydrogen) atoms. The second-order valence-electron chi connectivity index (χ2n) is 9.84. The number of halogens is 4. The van der Waals surface area contributed by atoms with Gasteiger partial charge < -0.3 is 10.2 Å². The quantitative estimate of drug-likeness (QED) is 0.315. The van der Waals surface area contributed by atoms with Crippen LogP contribution in [0.25, 0.3) is 0 Å². The number of carbonyl (C=O) groups excluding carboxylic acids is 2. The lowest BCUT2D eigenvalue weighted by Crippen LogP contribution is -2.52. The molecule has 1 atom stereocenters. The number of alkyl halides is 3. The van der Waals surface area contributed by atoms with Crippen molar-refractivity contribution in [3.8, 4) is 0 Å².